The third-order valence-corrected chi connectivity index (χ3v) is 4.29. The molecule has 106 valence electrons. The summed E-state index contributed by atoms with van der Waals surface area (Å²) in [6, 6.07) is 6.88. The number of hydrogen-bond donors (Lipinski definition) is 2. The number of rotatable bonds is 6. The highest BCUT2D eigenvalue weighted by Gasteiger charge is 2.50. The highest BCUT2D eigenvalue weighted by molar-refractivity contribution is 5.87. The lowest BCUT2D eigenvalue weighted by molar-refractivity contribution is -0.122. The summed E-state index contributed by atoms with van der Waals surface area (Å²) in [5, 5.41) is 11.9. The molecule has 4 nitrogen and oxygen atoms in total. The first-order valence-electron chi connectivity index (χ1n) is 7.25. The summed E-state index contributed by atoms with van der Waals surface area (Å²) in [5.41, 5.74) is 1.24. The largest absolute Gasteiger partial charge is 0.478 e. The van der Waals surface area contributed by atoms with Crippen LogP contribution >= 0.6 is 0 Å². The first-order valence-corrected chi connectivity index (χ1v) is 7.25. The van der Waals surface area contributed by atoms with Crippen LogP contribution in [0.2, 0.25) is 0 Å². The zero-order valence-electron chi connectivity index (χ0n) is 11.3. The minimum absolute atomic E-state index is 0.177. The van der Waals surface area contributed by atoms with Gasteiger partial charge in [0.05, 0.1) is 5.56 Å². The van der Waals surface area contributed by atoms with Crippen molar-refractivity contribution in [3.8, 4) is 0 Å². The van der Waals surface area contributed by atoms with Gasteiger partial charge in [-0.3, -0.25) is 4.79 Å². The average molecular weight is 273 g/mol. The molecule has 20 heavy (non-hydrogen) atoms. The Balaban J connectivity index is 1.44. The summed E-state index contributed by atoms with van der Waals surface area (Å²) in [6.45, 7) is 0.579. The zero-order chi connectivity index (χ0) is 14.1. The molecule has 0 unspecified atom stereocenters. The van der Waals surface area contributed by atoms with Crippen molar-refractivity contribution in [3.05, 3.63) is 35.4 Å². The molecule has 2 fully saturated rings. The van der Waals surface area contributed by atoms with Crippen molar-refractivity contribution >= 4 is 11.9 Å². The van der Waals surface area contributed by atoms with Gasteiger partial charge < -0.3 is 10.4 Å². The first kappa shape index (κ1) is 13.2. The van der Waals surface area contributed by atoms with E-state index in [1.165, 1.54) is 12.8 Å². The Hall–Kier alpha value is -1.84. The van der Waals surface area contributed by atoms with Crippen LogP contribution in [0.15, 0.2) is 24.3 Å². The summed E-state index contributed by atoms with van der Waals surface area (Å²) in [7, 11) is 0. The van der Waals surface area contributed by atoms with Gasteiger partial charge in [0.2, 0.25) is 5.91 Å². The normalized spacial score (nSPS) is 24.2. The molecule has 0 heterocycles. The molecule has 1 aromatic rings. The summed E-state index contributed by atoms with van der Waals surface area (Å²) in [4.78, 5) is 22.8. The van der Waals surface area contributed by atoms with Gasteiger partial charge in [-0.2, -0.15) is 0 Å². The number of carboxylic acids is 1. The number of hydrogen-bond acceptors (Lipinski definition) is 2. The second-order valence-electron chi connectivity index (χ2n) is 5.89. The smallest absolute Gasteiger partial charge is 0.335 e. The first-order chi connectivity index (χ1) is 9.65. The van der Waals surface area contributed by atoms with E-state index in [4.69, 9.17) is 5.11 Å². The fourth-order valence-electron chi connectivity index (χ4n) is 2.88. The lowest BCUT2D eigenvalue weighted by atomic mass is 10.1. The summed E-state index contributed by atoms with van der Waals surface area (Å²) >= 11 is 0. The summed E-state index contributed by atoms with van der Waals surface area (Å²) < 4.78 is 0. The van der Waals surface area contributed by atoms with E-state index in [0.29, 0.717) is 24.4 Å². The number of carbonyl (C=O) groups excluding carboxylic acids is 1. The maximum Gasteiger partial charge on any atom is 0.335 e. The Morgan fingerprint density at radius 3 is 2.80 bits per heavy atom. The highest BCUT2D eigenvalue weighted by atomic mass is 16.4. The topological polar surface area (TPSA) is 66.4 Å². The van der Waals surface area contributed by atoms with E-state index in [1.54, 1.807) is 18.2 Å². The average Bonchev–Trinajstić information content (AvgIpc) is 3.28. The van der Waals surface area contributed by atoms with Gasteiger partial charge in [-0.25, -0.2) is 4.79 Å². The van der Waals surface area contributed by atoms with Crippen LogP contribution in [0, 0.1) is 17.8 Å². The van der Waals surface area contributed by atoms with Crippen LogP contribution in [0.1, 0.15) is 35.2 Å². The maximum absolute atomic E-state index is 11.9. The van der Waals surface area contributed by atoms with Gasteiger partial charge in [0.15, 0.2) is 0 Å². The van der Waals surface area contributed by atoms with Crippen LogP contribution in [0.4, 0.5) is 0 Å². The number of benzene rings is 1. The van der Waals surface area contributed by atoms with Gasteiger partial charge in [-0.05, 0) is 55.2 Å². The van der Waals surface area contributed by atoms with Crippen molar-refractivity contribution in [3.63, 3.8) is 0 Å². The Labute approximate surface area is 118 Å². The molecule has 4 heteroatoms. The van der Waals surface area contributed by atoms with E-state index in [0.717, 1.165) is 17.9 Å². The van der Waals surface area contributed by atoms with Crippen LogP contribution in [0.25, 0.3) is 0 Å². The molecule has 0 saturated heterocycles. The Bertz CT molecular complexity index is 536. The molecule has 2 atom stereocenters. The zero-order valence-corrected chi connectivity index (χ0v) is 11.3. The van der Waals surface area contributed by atoms with E-state index in [9.17, 15) is 9.59 Å². The molecule has 2 aliphatic carbocycles. The van der Waals surface area contributed by atoms with E-state index in [-0.39, 0.29) is 11.8 Å². The van der Waals surface area contributed by atoms with Gasteiger partial charge in [0.25, 0.3) is 0 Å². The molecule has 0 aliphatic heterocycles. The molecule has 0 spiro atoms. The van der Waals surface area contributed by atoms with Crippen molar-refractivity contribution < 1.29 is 14.7 Å². The van der Waals surface area contributed by atoms with Crippen LogP contribution in [0.5, 0.6) is 0 Å². The third-order valence-electron chi connectivity index (χ3n) is 4.29. The lowest BCUT2D eigenvalue weighted by Gasteiger charge is -2.06. The van der Waals surface area contributed by atoms with Crippen molar-refractivity contribution in [1.29, 1.82) is 0 Å². The minimum Gasteiger partial charge on any atom is -0.478 e. The third kappa shape index (κ3) is 3.00. The van der Waals surface area contributed by atoms with Crippen molar-refractivity contribution in [2.45, 2.75) is 25.7 Å². The quantitative estimate of drug-likeness (QED) is 0.834. The Morgan fingerprint density at radius 2 is 2.10 bits per heavy atom. The molecule has 1 amide bonds. The predicted molar refractivity (Wildman–Crippen MR) is 74.4 cm³/mol. The van der Waals surface area contributed by atoms with Crippen LogP contribution < -0.4 is 5.32 Å². The summed E-state index contributed by atoms with van der Waals surface area (Å²) in [6.07, 6.45) is 4.34. The predicted octanol–water partition coefficient (Wildman–Crippen LogP) is 2.09. The SMILES string of the molecule is O=C(O)c1cccc(CCNC(=O)[C@@H]2C[C@@H]2C2CC2)c1. The molecule has 2 N–H and O–H groups in total. The monoisotopic (exact) mass is 273 g/mol. The van der Waals surface area contributed by atoms with Gasteiger partial charge in [-0.15, -0.1) is 0 Å². The van der Waals surface area contributed by atoms with E-state index < -0.39 is 5.97 Å². The number of aromatic carboxylic acids is 1. The Kier molecular flexibility index (Phi) is 3.47. The number of nitrogens with one attached hydrogen (secondary N) is 1. The van der Waals surface area contributed by atoms with Crippen LogP contribution in [-0.2, 0) is 11.2 Å². The molecular formula is C16H19NO3. The molecule has 1 aromatic carbocycles. The van der Waals surface area contributed by atoms with Gasteiger partial charge in [0, 0.05) is 12.5 Å². The van der Waals surface area contributed by atoms with E-state index in [2.05, 4.69) is 5.32 Å². The second-order valence-corrected chi connectivity index (χ2v) is 5.89. The van der Waals surface area contributed by atoms with E-state index >= 15 is 0 Å². The van der Waals surface area contributed by atoms with Gasteiger partial charge in [0.1, 0.15) is 0 Å². The molecule has 0 bridgehead atoms. The van der Waals surface area contributed by atoms with Crippen LogP contribution in [0.3, 0.4) is 0 Å². The number of carbonyl (C=O) groups is 2. The molecule has 2 aliphatic rings. The summed E-state index contributed by atoms with van der Waals surface area (Å²) in [5.74, 6) is 0.966. The van der Waals surface area contributed by atoms with Crippen molar-refractivity contribution in [1.82, 2.24) is 5.32 Å². The highest BCUT2D eigenvalue weighted by Crippen LogP contribution is 2.54. The second kappa shape index (κ2) is 5.27. The van der Waals surface area contributed by atoms with E-state index in [1.807, 2.05) is 6.07 Å². The number of amides is 1. The van der Waals surface area contributed by atoms with Gasteiger partial charge in [-0.1, -0.05) is 12.1 Å². The minimum atomic E-state index is -0.916. The fourth-order valence-corrected chi connectivity index (χ4v) is 2.88. The van der Waals surface area contributed by atoms with Crippen molar-refractivity contribution in [2.75, 3.05) is 6.54 Å². The molecule has 2 saturated carbocycles. The van der Waals surface area contributed by atoms with Gasteiger partial charge >= 0.3 is 5.97 Å². The molecule has 0 aromatic heterocycles. The van der Waals surface area contributed by atoms with Crippen molar-refractivity contribution in [2.24, 2.45) is 17.8 Å². The van der Waals surface area contributed by atoms with Crippen LogP contribution in [-0.4, -0.2) is 23.5 Å². The standard InChI is InChI=1S/C16H19NO3/c18-15(14-9-13(14)11-4-5-11)17-7-6-10-2-1-3-12(8-10)16(19)20/h1-3,8,11,13-14H,4-7,9H2,(H,17,18)(H,19,20)/t13-,14-/m1/s1. The lowest BCUT2D eigenvalue weighted by Crippen LogP contribution is -2.27. The molecular weight excluding hydrogens is 254 g/mol. The molecule has 3 rings (SSSR count). The Morgan fingerprint density at radius 1 is 1.30 bits per heavy atom. The fraction of sp³-hybridized carbons (Fsp3) is 0.500. The maximum atomic E-state index is 11.9. The number of carboxylic acid groups (broad SMARTS) is 1. The molecule has 0 radical (unpaired) electrons.